The molecule has 2 aromatic rings. The first-order valence-corrected chi connectivity index (χ1v) is 8.14. The predicted octanol–water partition coefficient (Wildman–Crippen LogP) is 4.29. The van der Waals surface area contributed by atoms with Gasteiger partial charge in [-0.15, -0.1) is 0 Å². The number of rotatable bonds is 4. The Balaban J connectivity index is 1.65. The maximum atomic E-state index is 12.6. The lowest BCUT2D eigenvalue weighted by Gasteiger charge is -2.25. The predicted molar refractivity (Wildman–Crippen MR) is 89.6 cm³/mol. The van der Waals surface area contributed by atoms with Gasteiger partial charge in [0.15, 0.2) is 0 Å². The molecule has 22 heavy (non-hydrogen) atoms. The Hall–Kier alpha value is -2.09. The summed E-state index contributed by atoms with van der Waals surface area (Å²) in [4.78, 5) is 14.7. The Kier molecular flexibility index (Phi) is 4.57. The minimum Gasteiger partial charge on any atom is -0.336 e. The van der Waals surface area contributed by atoms with Gasteiger partial charge in [-0.05, 0) is 37.3 Å². The van der Waals surface area contributed by atoms with E-state index < -0.39 is 0 Å². The number of hydrogen-bond donors (Lipinski definition) is 0. The van der Waals surface area contributed by atoms with Crippen molar-refractivity contribution in [1.82, 2.24) is 4.90 Å². The van der Waals surface area contributed by atoms with Crippen LogP contribution in [0.15, 0.2) is 54.6 Å². The molecule has 0 unspecified atom stereocenters. The largest absolute Gasteiger partial charge is 0.336 e. The summed E-state index contributed by atoms with van der Waals surface area (Å²) >= 11 is 0. The van der Waals surface area contributed by atoms with Gasteiger partial charge in [-0.3, -0.25) is 4.79 Å². The average Bonchev–Trinajstić information content (AvgIpc) is 3.04. The number of hydrogen-bond acceptors (Lipinski definition) is 1. The van der Waals surface area contributed by atoms with Crippen molar-refractivity contribution >= 4 is 5.91 Å². The zero-order chi connectivity index (χ0) is 15.4. The highest BCUT2D eigenvalue weighted by Gasteiger charge is 2.29. The van der Waals surface area contributed by atoms with Crippen LogP contribution < -0.4 is 0 Å². The van der Waals surface area contributed by atoms with E-state index in [2.05, 4.69) is 48.2 Å². The van der Waals surface area contributed by atoms with Crippen molar-refractivity contribution < 1.29 is 4.79 Å². The Bertz CT molecular complexity index is 618. The molecule has 1 atom stereocenters. The third-order valence-electron chi connectivity index (χ3n) is 4.51. The van der Waals surface area contributed by atoms with Crippen molar-refractivity contribution in [3.8, 4) is 0 Å². The third kappa shape index (κ3) is 3.38. The summed E-state index contributed by atoms with van der Waals surface area (Å²) in [6, 6.07) is 19.1. The van der Waals surface area contributed by atoms with Crippen LogP contribution in [0, 0.1) is 6.92 Å². The summed E-state index contributed by atoms with van der Waals surface area (Å²) in [5, 5.41) is 0. The van der Waals surface area contributed by atoms with Crippen LogP contribution in [0.3, 0.4) is 0 Å². The zero-order valence-corrected chi connectivity index (χ0v) is 13.2. The lowest BCUT2D eigenvalue weighted by Crippen LogP contribution is -2.30. The molecule has 0 bridgehead atoms. The van der Waals surface area contributed by atoms with Crippen LogP contribution in [0.1, 0.15) is 42.0 Å². The molecule has 0 aromatic heterocycles. The maximum Gasteiger partial charge on any atom is 0.223 e. The fraction of sp³-hybridized carbons (Fsp3) is 0.350. The number of amides is 1. The SMILES string of the molecule is Cc1ccc([C@@H]2CCCN2C(=O)CCc2ccccc2)cc1. The monoisotopic (exact) mass is 293 g/mol. The average molecular weight is 293 g/mol. The number of carbonyl (C=O) groups excluding carboxylic acids is 1. The van der Waals surface area contributed by atoms with E-state index in [0.717, 1.165) is 25.8 Å². The van der Waals surface area contributed by atoms with Crippen molar-refractivity contribution in [2.45, 2.75) is 38.6 Å². The molecule has 0 radical (unpaired) electrons. The van der Waals surface area contributed by atoms with Crippen LogP contribution >= 0.6 is 0 Å². The molecule has 2 heteroatoms. The van der Waals surface area contributed by atoms with Crippen LogP contribution in [0.5, 0.6) is 0 Å². The van der Waals surface area contributed by atoms with Gasteiger partial charge in [0, 0.05) is 13.0 Å². The molecule has 1 amide bonds. The van der Waals surface area contributed by atoms with Gasteiger partial charge in [-0.1, -0.05) is 60.2 Å². The molecule has 2 aromatic carbocycles. The molecule has 1 aliphatic heterocycles. The lowest BCUT2D eigenvalue weighted by molar-refractivity contribution is -0.132. The lowest BCUT2D eigenvalue weighted by atomic mass is 10.0. The topological polar surface area (TPSA) is 20.3 Å². The van der Waals surface area contributed by atoms with Gasteiger partial charge in [0.05, 0.1) is 6.04 Å². The van der Waals surface area contributed by atoms with Gasteiger partial charge in [0.25, 0.3) is 0 Å². The molecule has 1 fully saturated rings. The molecule has 1 aliphatic rings. The van der Waals surface area contributed by atoms with E-state index in [1.54, 1.807) is 0 Å². The first-order chi connectivity index (χ1) is 10.7. The van der Waals surface area contributed by atoms with Gasteiger partial charge in [0.1, 0.15) is 0 Å². The second-order valence-corrected chi connectivity index (χ2v) is 6.14. The minimum atomic E-state index is 0.267. The van der Waals surface area contributed by atoms with Crippen molar-refractivity contribution in [3.05, 3.63) is 71.3 Å². The smallest absolute Gasteiger partial charge is 0.223 e. The fourth-order valence-electron chi connectivity index (χ4n) is 3.24. The fourth-order valence-corrected chi connectivity index (χ4v) is 3.24. The van der Waals surface area contributed by atoms with E-state index in [-0.39, 0.29) is 11.9 Å². The standard InChI is InChI=1S/C20H23NO/c1-16-9-12-18(13-10-16)19-8-5-15-21(19)20(22)14-11-17-6-3-2-4-7-17/h2-4,6-7,9-10,12-13,19H,5,8,11,14-15H2,1H3/t19-/m0/s1. The number of aryl methyl sites for hydroxylation is 2. The molecule has 1 saturated heterocycles. The van der Waals surface area contributed by atoms with E-state index in [1.807, 2.05) is 18.2 Å². The highest BCUT2D eigenvalue weighted by molar-refractivity contribution is 5.77. The minimum absolute atomic E-state index is 0.267. The first kappa shape index (κ1) is 14.8. The Labute approximate surface area is 132 Å². The normalized spacial score (nSPS) is 17.7. The van der Waals surface area contributed by atoms with Gasteiger partial charge >= 0.3 is 0 Å². The Morgan fingerprint density at radius 2 is 1.82 bits per heavy atom. The van der Waals surface area contributed by atoms with Gasteiger partial charge in [0.2, 0.25) is 5.91 Å². The van der Waals surface area contributed by atoms with Crippen molar-refractivity contribution in [2.24, 2.45) is 0 Å². The third-order valence-corrected chi connectivity index (χ3v) is 4.51. The van der Waals surface area contributed by atoms with Crippen LogP contribution in [-0.4, -0.2) is 17.4 Å². The summed E-state index contributed by atoms with van der Waals surface area (Å²) in [6.07, 6.45) is 3.62. The number of nitrogens with zero attached hydrogens (tertiary/aromatic N) is 1. The van der Waals surface area contributed by atoms with Gasteiger partial charge in [-0.25, -0.2) is 0 Å². The molecule has 0 spiro atoms. The summed E-state index contributed by atoms with van der Waals surface area (Å²) in [5.74, 6) is 0.284. The quantitative estimate of drug-likeness (QED) is 0.823. The second kappa shape index (κ2) is 6.78. The van der Waals surface area contributed by atoms with E-state index in [4.69, 9.17) is 0 Å². The number of benzene rings is 2. The van der Waals surface area contributed by atoms with E-state index in [9.17, 15) is 4.79 Å². The first-order valence-electron chi connectivity index (χ1n) is 8.14. The summed E-state index contributed by atoms with van der Waals surface area (Å²) in [7, 11) is 0. The second-order valence-electron chi connectivity index (χ2n) is 6.14. The maximum absolute atomic E-state index is 12.6. The van der Waals surface area contributed by atoms with Crippen molar-refractivity contribution in [1.29, 1.82) is 0 Å². The van der Waals surface area contributed by atoms with Gasteiger partial charge < -0.3 is 4.90 Å². The molecule has 0 saturated carbocycles. The molecule has 3 rings (SSSR count). The molecule has 0 N–H and O–H groups in total. The molecule has 0 aliphatic carbocycles. The zero-order valence-electron chi connectivity index (χ0n) is 13.2. The van der Waals surface area contributed by atoms with E-state index in [0.29, 0.717) is 6.42 Å². The van der Waals surface area contributed by atoms with Crippen LogP contribution in [0.4, 0.5) is 0 Å². The van der Waals surface area contributed by atoms with Crippen LogP contribution in [-0.2, 0) is 11.2 Å². The van der Waals surface area contributed by atoms with E-state index >= 15 is 0 Å². The summed E-state index contributed by atoms with van der Waals surface area (Å²) in [6.45, 7) is 2.99. The van der Waals surface area contributed by atoms with Crippen molar-refractivity contribution in [3.63, 3.8) is 0 Å². The van der Waals surface area contributed by atoms with E-state index in [1.165, 1.54) is 16.7 Å². The van der Waals surface area contributed by atoms with Crippen LogP contribution in [0.25, 0.3) is 0 Å². The highest BCUT2D eigenvalue weighted by atomic mass is 16.2. The molecular weight excluding hydrogens is 270 g/mol. The molecule has 114 valence electrons. The highest BCUT2D eigenvalue weighted by Crippen LogP contribution is 2.32. The van der Waals surface area contributed by atoms with Crippen molar-refractivity contribution in [2.75, 3.05) is 6.54 Å². The summed E-state index contributed by atoms with van der Waals surface area (Å²) < 4.78 is 0. The molecule has 1 heterocycles. The van der Waals surface area contributed by atoms with Gasteiger partial charge in [-0.2, -0.15) is 0 Å². The molecule has 2 nitrogen and oxygen atoms in total. The van der Waals surface area contributed by atoms with Crippen LogP contribution in [0.2, 0.25) is 0 Å². The summed E-state index contributed by atoms with van der Waals surface area (Å²) in [5.41, 5.74) is 3.78. The Morgan fingerprint density at radius 1 is 1.09 bits per heavy atom. The number of carbonyl (C=O) groups is 1. The number of likely N-dealkylation sites (tertiary alicyclic amines) is 1. The molecular formula is C20H23NO. The Morgan fingerprint density at radius 3 is 2.55 bits per heavy atom.